The summed E-state index contributed by atoms with van der Waals surface area (Å²) in [4.78, 5) is 9.16. The number of aryl methyl sites for hydroxylation is 2. The molecule has 0 saturated carbocycles. The lowest BCUT2D eigenvalue weighted by atomic mass is 10.2. The molecule has 2 aromatic rings. The Morgan fingerprint density at radius 3 is 2.90 bits per heavy atom. The molecule has 4 nitrogen and oxygen atoms in total. The fraction of sp³-hybridized carbons (Fsp3) is 0.571. The van der Waals surface area contributed by atoms with Crippen LogP contribution in [0.1, 0.15) is 30.8 Å². The summed E-state index contributed by atoms with van der Waals surface area (Å²) in [5.41, 5.74) is 2.90. The highest BCUT2D eigenvalue weighted by molar-refractivity contribution is 7.84. The lowest BCUT2D eigenvalue weighted by Crippen LogP contribution is -2.13. The molecule has 2 unspecified atom stereocenters. The van der Waals surface area contributed by atoms with Gasteiger partial charge in [-0.1, -0.05) is 0 Å². The van der Waals surface area contributed by atoms with E-state index in [-0.39, 0.29) is 6.04 Å². The molecule has 2 rings (SSSR count). The monoisotopic (exact) mass is 313 g/mol. The number of hydrogen-bond donors (Lipinski definition) is 0. The minimum Gasteiger partial charge on any atom is -0.310 e. The van der Waals surface area contributed by atoms with Crippen LogP contribution in [0, 0.1) is 6.92 Å². The van der Waals surface area contributed by atoms with Gasteiger partial charge in [0.15, 0.2) is 5.65 Å². The van der Waals surface area contributed by atoms with Crippen molar-refractivity contribution in [2.24, 2.45) is 0 Å². The Morgan fingerprint density at radius 1 is 1.50 bits per heavy atom. The molecular weight excluding hydrogens is 294 g/mol. The molecule has 2 heterocycles. The van der Waals surface area contributed by atoms with Crippen LogP contribution in [0.5, 0.6) is 0 Å². The van der Waals surface area contributed by atoms with Crippen LogP contribution in [-0.4, -0.2) is 36.6 Å². The first-order chi connectivity index (χ1) is 9.52. The highest BCUT2D eigenvalue weighted by Gasteiger charge is 2.17. The topological polar surface area (TPSA) is 47.8 Å². The maximum Gasteiger partial charge on any atom is 0.160 e. The fourth-order valence-electron chi connectivity index (χ4n) is 2.32. The normalized spacial score (nSPS) is 14.6. The van der Waals surface area contributed by atoms with Gasteiger partial charge in [0.2, 0.25) is 0 Å². The van der Waals surface area contributed by atoms with E-state index in [9.17, 15) is 4.21 Å². The number of hydrogen-bond acceptors (Lipinski definition) is 3. The smallest absolute Gasteiger partial charge is 0.160 e. The molecular formula is C14H20ClN3OS. The van der Waals surface area contributed by atoms with Crippen LogP contribution in [0.4, 0.5) is 0 Å². The molecule has 6 heteroatoms. The number of pyridine rings is 1. The van der Waals surface area contributed by atoms with Gasteiger partial charge in [-0.2, -0.15) is 0 Å². The van der Waals surface area contributed by atoms with E-state index in [2.05, 4.69) is 21.5 Å². The SMILES string of the molecule is Cc1cnc2c(c1)nc(CCCl)n2C(C)CCS(C)=O. The summed E-state index contributed by atoms with van der Waals surface area (Å²) >= 11 is 5.88. The number of fused-ring (bicyclic) bond motifs is 1. The van der Waals surface area contributed by atoms with Gasteiger partial charge < -0.3 is 4.57 Å². The summed E-state index contributed by atoms with van der Waals surface area (Å²) in [5, 5.41) is 0. The molecule has 0 bridgehead atoms. The molecule has 0 N–H and O–H groups in total. The van der Waals surface area contributed by atoms with Crippen molar-refractivity contribution >= 4 is 33.6 Å². The summed E-state index contributed by atoms with van der Waals surface area (Å²) < 4.78 is 13.4. The van der Waals surface area contributed by atoms with Crippen molar-refractivity contribution in [2.45, 2.75) is 32.7 Å². The lowest BCUT2D eigenvalue weighted by Gasteiger charge is -2.16. The molecule has 0 fully saturated rings. The molecule has 0 aliphatic carbocycles. The van der Waals surface area contributed by atoms with Crippen molar-refractivity contribution < 1.29 is 4.21 Å². The molecule has 0 amide bonds. The highest BCUT2D eigenvalue weighted by Crippen LogP contribution is 2.23. The molecule has 0 aliphatic rings. The second-order valence-corrected chi connectivity index (χ2v) is 7.04. The predicted molar refractivity (Wildman–Crippen MR) is 85.0 cm³/mol. The number of imidazole rings is 1. The first-order valence-corrected chi connectivity index (χ1v) is 8.98. The van der Waals surface area contributed by atoms with Crippen molar-refractivity contribution in [1.29, 1.82) is 0 Å². The van der Waals surface area contributed by atoms with E-state index in [1.54, 1.807) is 6.26 Å². The maximum absolute atomic E-state index is 11.3. The third-order valence-electron chi connectivity index (χ3n) is 3.32. The number of halogens is 1. The van der Waals surface area contributed by atoms with Gasteiger partial charge in [0.05, 0.1) is 0 Å². The zero-order valence-electron chi connectivity index (χ0n) is 12.1. The average molecular weight is 314 g/mol. The molecule has 0 aromatic carbocycles. The van der Waals surface area contributed by atoms with Gasteiger partial charge in [0.25, 0.3) is 0 Å². The highest BCUT2D eigenvalue weighted by atomic mass is 35.5. The number of rotatable bonds is 6. The summed E-state index contributed by atoms with van der Waals surface area (Å²) in [7, 11) is -0.776. The summed E-state index contributed by atoms with van der Waals surface area (Å²) in [6.45, 7) is 4.13. The van der Waals surface area contributed by atoms with Crippen LogP contribution in [0.3, 0.4) is 0 Å². The predicted octanol–water partition coefficient (Wildman–Crippen LogP) is 2.85. The molecule has 20 heavy (non-hydrogen) atoms. The van der Waals surface area contributed by atoms with E-state index in [0.717, 1.165) is 35.4 Å². The molecule has 2 atom stereocenters. The Kier molecular flexibility index (Phi) is 5.16. The molecule has 110 valence electrons. The second kappa shape index (κ2) is 6.68. The molecule has 0 saturated heterocycles. The van der Waals surface area contributed by atoms with Crippen LogP contribution in [0.2, 0.25) is 0 Å². The number of alkyl halides is 1. The zero-order chi connectivity index (χ0) is 14.7. The Balaban J connectivity index is 2.42. The first-order valence-electron chi connectivity index (χ1n) is 6.72. The third kappa shape index (κ3) is 3.38. The van der Waals surface area contributed by atoms with E-state index in [1.165, 1.54) is 0 Å². The van der Waals surface area contributed by atoms with Crippen molar-refractivity contribution in [2.75, 3.05) is 17.9 Å². The number of nitrogens with zero attached hydrogens (tertiary/aromatic N) is 3. The van der Waals surface area contributed by atoms with Gasteiger partial charge in [0, 0.05) is 47.3 Å². The maximum atomic E-state index is 11.3. The van der Waals surface area contributed by atoms with E-state index in [0.29, 0.717) is 11.6 Å². The first kappa shape index (κ1) is 15.4. The third-order valence-corrected chi connectivity index (χ3v) is 4.32. The molecule has 0 radical (unpaired) electrons. The van der Waals surface area contributed by atoms with Crippen molar-refractivity contribution in [3.05, 3.63) is 23.7 Å². The van der Waals surface area contributed by atoms with E-state index < -0.39 is 10.8 Å². The van der Waals surface area contributed by atoms with Crippen LogP contribution in [0.15, 0.2) is 12.3 Å². The van der Waals surface area contributed by atoms with Gasteiger partial charge in [-0.25, -0.2) is 9.97 Å². The lowest BCUT2D eigenvalue weighted by molar-refractivity contribution is 0.522. The standard InChI is InChI=1S/C14H20ClN3OS/c1-10-8-12-14(16-9-10)18(13(17-12)4-6-15)11(2)5-7-20(3)19/h8-9,11H,4-7H2,1-3H3. The molecule has 2 aromatic heterocycles. The van der Waals surface area contributed by atoms with Crippen LogP contribution in [-0.2, 0) is 17.2 Å². The van der Waals surface area contributed by atoms with Gasteiger partial charge in [-0.3, -0.25) is 4.21 Å². The van der Waals surface area contributed by atoms with Crippen LogP contribution >= 0.6 is 11.6 Å². The molecule has 0 spiro atoms. The van der Waals surface area contributed by atoms with E-state index >= 15 is 0 Å². The van der Waals surface area contributed by atoms with Crippen molar-refractivity contribution in [3.63, 3.8) is 0 Å². The quantitative estimate of drug-likeness (QED) is 0.770. The zero-order valence-corrected chi connectivity index (χ0v) is 13.7. The Bertz CT molecular complexity index is 626. The summed E-state index contributed by atoms with van der Waals surface area (Å²) in [5.74, 6) is 2.18. The summed E-state index contributed by atoms with van der Waals surface area (Å²) in [6.07, 6.45) is 5.16. The average Bonchev–Trinajstić information content (AvgIpc) is 2.73. The van der Waals surface area contributed by atoms with Crippen LogP contribution in [0.25, 0.3) is 11.2 Å². The number of aromatic nitrogens is 3. The Labute approximate surface area is 127 Å². The largest absolute Gasteiger partial charge is 0.310 e. The van der Waals surface area contributed by atoms with Crippen molar-refractivity contribution in [1.82, 2.24) is 14.5 Å². The Morgan fingerprint density at radius 2 is 2.25 bits per heavy atom. The van der Waals surface area contributed by atoms with Gasteiger partial charge >= 0.3 is 0 Å². The van der Waals surface area contributed by atoms with Crippen LogP contribution < -0.4 is 0 Å². The Hall–Kier alpha value is -0.940. The van der Waals surface area contributed by atoms with Gasteiger partial charge in [-0.05, 0) is 31.9 Å². The van der Waals surface area contributed by atoms with Crippen molar-refractivity contribution in [3.8, 4) is 0 Å². The van der Waals surface area contributed by atoms with E-state index in [4.69, 9.17) is 11.6 Å². The summed E-state index contributed by atoms with van der Waals surface area (Å²) in [6, 6.07) is 2.26. The van der Waals surface area contributed by atoms with Gasteiger partial charge in [0.1, 0.15) is 11.3 Å². The fourth-order valence-corrected chi connectivity index (χ4v) is 3.16. The van der Waals surface area contributed by atoms with Gasteiger partial charge in [-0.15, -0.1) is 11.6 Å². The second-order valence-electron chi connectivity index (χ2n) is 5.11. The van der Waals surface area contributed by atoms with E-state index in [1.807, 2.05) is 19.2 Å². The minimum absolute atomic E-state index is 0.220. The molecule has 0 aliphatic heterocycles. The minimum atomic E-state index is -0.776.